The second-order valence-corrected chi connectivity index (χ2v) is 8.65. The maximum atomic E-state index is 12.9. The Morgan fingerprint density at radius 3 is 2.59 bits per heavy atom. The number of pyridine rings is 1. The molecule has 2 aromatic heterocycles. The van der Waals surface area contributed by atoms with E-state index in [9.17, 15) is 9.59 Å². The number of aromatic nitrogens is 3. The molecule has 0 aromatic carbocycles. The Morgan fingerprint density at radius 1 is 1.28 bits per heavy atom. The Bertz CT molecular complexity index is 891. The minimum absolute atomic E-state index is 0.0699. The van der Waals surface area contributed by atoms with E-state index in [1.54, 1.807) is 17.1 Å². The lowest BCUT2D eigenvalue weighted by molar-refractivity contribution is -0.122. The number of piperidine rings is 1. The number of nitrogens with two attached hydrogens (primary N) is 1. The molecule has 0 bridgehead atoms. The standard InChI is InChI=1S/C21H30N6O2/c1-21(2,3)17-16(13-26(4)25-17)20(29)24-12-15-6-5-9-23-19(15)27-10-7-14(8-11-27)18(22)28/h5-6,9,13-14H,7-8,10-12H2,1-4H3,(H2,22,28)(H,24,29). The molecule has 3 N–H and O–H groups in total. The van der Waals surface area contributed by atoms with Gasteiger partial charge in [-0.1, -0.05) is 26.8 Å². The van der Waals surface area contributed by atoms with Gasteiger partial charge in [-0.05, 0) is 18.9 Å². The van der Waals surface area contributed by atoms with Gasteiger partial charge in [0.15, 0.2) is 0 Å². The Balaban J connectivity index is 1.71. The fourth-order valence-electron chi connectivity index (χ4n) is 3.71. The van der Waals surface area contributed by atoms with Gasteiger partial charge in [0.05, 0.1) is 11.3 Å². The molecule has 0 radical (unpaired) electrons. The van der Waals surface area contributed by atoms with Gasteiger partial charge in [0.2, 0.25) is 5.91 Å². The van der Waals surface area contributed by atoms with Crippen LogP contribution in [-0.2, 0) is 23.8 Å². The Kier molecular flexibility index (Phi) is 5.91. The number of primary amides is 1. The maximum absolute atomic E-state index is 12.9. The summed E-state index contributed by atoms with van der Waals surface area (Å²) in [6, 6.07) is 3.84. The number of nitrogens with zero attached hydrogens (tertiary/aromatic N) is 4. The second-order valence-electron chi connectivity index (χ2n) is 8.65. The summed E-state index contributed by atoms with van der Waals surface area (Å²) >= 11 is 0. The second kappa shape index (κ2) is 8.23. The van der Waals surface area contributed by atoms with Crippen LogP contribution in [0.2, 0.25) is 0 Å². The number of nitrogens with one attached hydrogen (secondary N) is 1. The molecule has 8 nitrogen and oxygen atoms in total. The SMILES string of the molecule is Cn1cc(C(=O)NCc2cccnc2N2CCC(C(N)=O)CC2)c(C(C)(C)C)n1. The quantitative estimate of drug-likeness (QED) is 0.798. The van der Waals surface area contributed by atoms with E-state index in [1.807, 2.05) is 40.0 Å². The molecular weight excluding hydrogens is 368 g/mol. The molecule has 29 heavy (non-hydrogen) atoms. The zero-order valence-electron chi connectivity index (χ0n) is 17.6. The summed E-state index contributed by atoms with van der Waals surface area (Å²) in [4.78, 5) is 30.9. The van der Waals surface area contributed by atoms with Crippen molar-refractivity contribution in [3.8, 4) is 0 Å². The Labute approximate surface area is 171 Å². The number of aryl methyl sites for hydroxylation is 1. The number of anilines is 1. The van der Waals surface area contributed by atoms with Crippen molar-refractivity contribution < 1.29 is 9.59 Å². The van der Waals surface area contributed by atoms with Crippen LogP contribution < -0.4 is 16.0 Å². The molecule has 0 aliphatic carbocycles. The van der Waals surface area contributed by atoms with E-state index in [2.05, 4.69) is 20.3 Å². The van der Waals surface area contributed by atoms with Gasteiger partial charge in [-0.3, -0.25) is 14.3 Å². The average Bonchev–Trinajstić information content (AvgIpc) is 3.09. The highest BCUT2D eigenvalue weighted by molar-refractivity contribution is 5.95. The van der Waals surface area contributed by atoms with Crippen molar-refractivity contribution in [2.24, 2.45) is 18.7 Å². The fourth-order valence-corrected chi connectivity index (χ4v) is 3.71. The van der Waals surface area contributed by atoms with Crippen LogP contribution in [0.15, 0.2) is 24.5 Å². The largest absolute Gasteiger partial charge is 0.369 e. The van der Waals surface area contributed by atoms with Crippen LogP contribution in [0.5, 0.6) is 0 Å². The molecule has 1 saturated heterocycles. The molecule has 1 aliphatic heterocycles. The normalized spacial score (nSPS) is 15.4. The highest BCUT2D eigenvalue weighted by Gasteiger charge is 2.27. The van der Waals surface area contributed by atoms with Gasteiger partial charge >= 0.3 is 0 Å². The number of hydrogen-bond donors (Lipinski definition) is 2. The molecule has 1 aliphatic rings. The lowest BCUT2D eigenvalue weighted by atomic mass is 9.89. The number of carbonyl (C=O) groups is 2. The highest BCUT2D eigenvalue weighted by atomic mass is 16.2. The van der Waals surface area contributed by atoms with E-state index in [0.717, 1.165) is 43.0 Å². The van der Waals surface area contributed by atoms with E-state index in [4.69, 9.17) is 5.73 Å². The van der Waals surface area contributed by atoms with Gasteiger partial charge in [0.1, 0.15) is 5.82 Å². The summed E-state index contributed by atoms with van der Waals surface area (Å²) in [5.41, 5.74) is 7.52. The van der Waals surface area contributed by atoms with E-state index in [0.29, 0.717) is 12.1 Å². The molecule has 2 aromatic rings. The Hall–Kier alpha value is -2.90. The predicted octanol–water partition coefficient (Wildman–Crippen LogP) is 1.74. The van der Waals surface area contributed by atoms with Crippen molar-refractivity contribution in [1.29, 1.82) is 0 Å². The number of hydrogen-bond acceptors (Lipinski definition) is 5. The van der Waals surface area contributed by atoms with Crippen molar-refractivity contribution in [1.82, 2.24) is 20.1 Å². The van der Waals surface area contributed by atoms with Crippen LogP contribution in [-0.4, -0.2) is 39.7 Å². The maximum Gasteiger partial charge on any atom is 0.255 e. The van der Waals surface area contributed by atoms with Crippen LogP contribution in [0.3, 0.4) is 0 Å². The van der Waals surface area contributed by atoms with E-state index < -0.39 is 0 Å². The first-order valence-electron chi connectivity index (χ1n) is 9.97. The summed E-state index contributed by atoms with van der Waals surface area (Å²) in [5, 5.41) is 7.48. The third kappa shape index (κ3) is 4.75. The van der Waals surface area contributed by atoms with E-state index in [1.165, 1.54) is 0 Å². The zero-order chi connectivity index (χ0) is 21.2. The van der Waals surface area contributed by atoms with Gasteiger partial charge in [0, 0.05) is 56.0 Å². The molecule has 2 amide bonds. The zero-order valence-corrected chi connectivity index (χ0v) is 17.6. The number of rotatable bonds is 5. The minimum Gasteiger partial charge on any atom is -0.369 e. The van der Waals surface area contributed by atoms with Crippen molar-refractivity contribution in [3.05, 3.63) is 41.3 Å². The third-order valence-corrected chi connectivity index (χ3v) is 5.29. The topological polar surface area (TPSA) is 106 Å². The average molecular weight is 399 g/mol. The first-order chi connectivity index (χ1) is 13.7. The molecule has 0 spiro atoms. The van der Waals surface area contributed by atoms with Gasteiger partial charge in [0.25, 0.3) is 5.91 Å². The Morgan fingerprint density at radius 2 is 1.97 bits per heavy atom. The van der Waals surface area contributed by atoms with Crippen molar-refractivity contribution in [2.75, 3.05) is 18.0 Å². The lowest BCUT2D eigenvalue weighted by Gasteiger charge is -2.32. The van der Waals surface area contributed by atoms with Crippen molar-refractivity contribution >= 4 is 17.6 Å². The first kappa shape index (κ1) is 20.8. The summed E-state index contributed by atoms with van der Waals surface area (Å²) in [5.74, 6) is 0.395. The summed E-state index contributed by atoms with van der Waals surface area (Å²) in [6.07, 6.45) is 4.96. The number of carbonyl (C=O) groups excluding carboxylic acids is 2. The van der Waals surface area contributed by atoms with Crippen molar-refractivity contribution in [3.63, 3.8) is 0 Å². The van der Waals surface area contributed by atoms with Gasteiger partial charge < -0.3 is 16.0 Å². The molecule has 0 saturated carbocycles. The van der Waals surface area contributed by atoms with E-state index >= 15 is 0 Å². The van der Waals surface area contributed by atoms with Crippen LogP contribution in [0.1, 0.15) is 55.2 Å². The van der Waals surface area contributed by atoms with Crippen LogP contribution in [0, 0.1) is 5.92 Å². The minimum atomic E-state index is -0.232. The van der Waals surface area contributed by atoms with Gasteiger partial charge in [-0.15, -0.1) is 0 Å². The summed E-state index contributed by atoms with van der Waals surface area (Å²) < 4.78 is 1.67. The van der Waals surface area contributed by atoms with E-state index in [-0.39, 0.29) is 23.1 Å². The van der Waals surface area contributed by atoms with Gasteiger partial charge in [-0.25, -0.2) is 4.98 Å². The molecule has 3 heterocycles. The summed E-state index contributed by atoms with van der Waals surface area (Å²) in [7, 11) is 1.82. The molecular formula is C21H30N6O2. The smallest absolute Gasteiger partial charge is 0.255 e. The summed E-state index contributed by atoms with van der Waals surface area (Å²) in [6.45, 7) is 7.95. The molecule has 8 heteroatoms. The van der Waals surface area contributed by atoms with Crippen LogP contribution in [0.4, 0.5) is 5.82 Å². The molecule has 156 valence electrons. The van der Waals surface area contributed by atoms with Gasteiger partial charge in [-0.2, -0.15) is 5.10 Å². The lowest BCUT2D eigenvalue weighted by Crippen LogP contribution is -2.39. The molecule has 3 rings (SSSR count). The highest BCUT2D eigenvalue weighted by Crippen LogP contribution is 2.26. The van der Waals surface area contributed by atoms with Crippen molar-refractivity contribution in [2.45, 2.75) is 45.6 Å². The number of amides is 2. The molecule has 0 atom stereocenters. The third-order valence-electron chi connectivity index (χ3n) is 5.29. The first-order valence-corrected chi connectivity index (χ1v) is 9.97. The fraction of sp³-hybridized carbons (Fsp3) is 0.524. The molecule has 0 unspecified atom stereocenters. The monoisotopic (exact) mass is 398 g/mol. The predicted molar refractivity (Wildman–Crippen MR) is 111 cm³/mol. The molecule has 1 fully saturated rings. The van der Waals surface area contributed by atoms with Crippen LogP contribution >= 0.6 is 0 Å². The van der Waals surface area contributed by atoms with Crippen LogP contribution in [0.25, 0.3) is 0 Å².